The number of morpholine rings is 1. The highest BCUT2D eigenvalue weighted by Crippen LogP contribution is 2.26. The lowest BCUT2D eigenvalue weighted by molar-refractivity contribution is -0.0900. The fourth-order valence-electron chi connectivity index (χ4n) is 3.08. The fourth-order valence-corrected chi connectivity index (χ4v) is 3.08. The molecule has 0 aromatic heterocycles. The van der Waals surface area contributed by atoms with Crippen LogP contribution >= 0.6 is 0 Å². The average molecular weight is 276 g/mol. The van der Waals surface area contributed by atoms with Crippen molar-refractivity contribution in [2.24, 2.45) is 5.73 Å². The minimum Gasteiger partial charge on any atom is -0.376 e. The quantitative estimate of drug-likeness (QED) is 0.898. The predicted molar refractivity (Wildman–Crippen MR) is 83.8 cm³/mol. The number of hydrogen-bond acceptors (Lipinski definition) is 3. The Labute approximate surface area is 123 Å². The van der Waals surface area contributed by atoms with Gasteiger partial charge in [0.2, 0.25) is 0 Å². The molecule has 0 radical (unpaired) electrons. The molecule has 2 rings (SSSR count). The topological polar surface area (TPSA) is 38.5 Å². The van der Waals surface area contributed by atoms with E-state index >= 15 is 0 Å². The number of hydrogen-bond donors (Lipinski definition) is 1. The van der Waals surface area contributed by atoms with Gasteiger partial charge in [0.15, 0.2) is 0 Å². The smallest absolute Gasteiger partial charge is 0.0675 e. The lowest BCUT2D eigenvalue weighted by Crippen LogP contribution is -2.61. The molecule has 3 nitrogen and oxygen atoms in total. The minimum atomic E-state index is 0.0489. The number of benzene rings is 1. The van der Waals surface area contributed by atoms with Crippen LogP contribution in [0.5, 0.6) is 0 Å². The maximum Gasteiger partial charge on any atom is 0.0675 e. The van der Waals surface area contributed by atoms with Gasteiger partial charge in [-0.05, 0) is 39.2 Å². The van der Waals surface area contributed by atoms with E-state index in [-0.39, 0.29) is 5.54 Å². The highest BCUT2D eigenvalue weighted by Gasteiger charge is 2.36. The summed E-state index contributed by atoms with van der Waals surface area (Å²) in [7, 11) is 0. The zero-order chi connectivity index (χ0) is 14.6. The van der Waals surface area contributed by atoms with E-state index in [9.17, 15) is 0 Å². The van der Waals surface area contributed by atoms with Crippen LogP contribution in [-0.2, 0) is 11.2 Å². The van der Waals surface area contributed by atoms with Gasteiger partial charge in [0.1, 0.15) is 0 Å². The minimum absolute atomic E-state index is 0.0489. The van der Waals surface area contributed by atoms with Gasteiger partial charge in [-0.25, -0.2) is 0 Å². The molecule has 1 fully saturated rings. The fraction of sp³-hybridized carbons (Fsp3) is 0.647. The van der Waals surface area contributed by atoms with Gasteiger partial charge in [0.25, 0.3) is 0 Å². The number of nitrogens with zero attached hydrogens (tertiary/aromatic N) is 1. The summed E-state index contributed by atoms with van der Waals surface area (Å²) >= 11 is 0. The average Bonchev–Trinajstić information content (AvgIpc) is 2.48. The Hall–Kier alpha value is -0.900. The van der Waals surface area contributed by atoms with Crippen LogP contribution in [-0.4, -0.2) is 42.3 Å². The monoisotopic (exact) mass is 276 g/mol. The van der Waals surface area contributed by atoms with Gasteiger partial charge in [0, 0.05) is 24.7 Å². The molecule has 0 bridgehead atoms. The SMILES string of the molecule is CC1CN(C(C)(CN)CCc2ccccc2)C(C)CO1. The molecule has 0 spiro atoms. The lowest BCUT2D eigenvalue weighted by atomic mass is 9.89. The summed E-state index contributed by atoms with van der Waals surface area (Å²) < 4.78 is 5.74. The van der Waals surface area contributed by atoms with E-state index in [4.69, 9.17) is 10.5 Å². The first-order chi connectivity index (χ1) is 9.55. The summed E-state index contributed by atoms with van der Waals surface area (Å²) in [5, 5.41) is 0. The second kappa shape index (κ2) is 6.70. The third-order valence-electron chi connectivity index (χ3n) is 4.54. The summed E-state index contributed by atoms with van der Waals surface area (Å²) in [5.41, 5.74) is 7.57. The van der Waals surface area contributed by atoms with Crippen molar-refractivity contribution < 1.29 is 4.74 Å². The summed E-state index contributed by atoms with van der Waals surface area (Å²) in [6, 6.07) is 11.1. The molecule has 0 aliphatic carbocycles. The van der Waals surface area contributed by atoms with E-state index in [1.807, 2.05) is 0 Å². The van der Waals surface area contributed by atoms with Crippen LogP contribution in [0.15, 0.2) is 30.3 Å². The Bertz CT molecular complexity index is 409. The molecule has 1 aliphatic heterocycles. The van der Waals surface area contributed by atoms with E-state index in [1.165, 1.54) is 5.56 Å². The molecule has 3 heteroatoms. The standard InChI is InChI=1S/C17H28N2O/c1-14-12-20-15(2)11-19(14)17(3,13-18)10-9-16-7-5-4-6-8-16/h4-8,14-15H,9-13,18H2,1-3H3. The molecule has 1 aromatic rings. The first-order valence-electron chi connectivity index (χ1n) is 7.67. The van der Waals surface area contributed by atoms with Crippen molar-refractivity contribution in [3.63, 3.8) is 0 Å². The molecule has 1 heterocycles. The number of nitrogens with two attached hydrogens (primary N) is 1. The number of rotatable bonds is 5. The van der Waals surface area contributed by atoms with Crippen LogP contribution in [0.3, 0.4) is 0 Å². The van der Waals surface area contributed by atoms with Crippen molar-refractivity contribution in [1.29, 1.82) is 0 Å². The Balaban J connectivity index is 2.04. The van der Waals surface area contributed by atoms with Crippen molar-refractivity contribution >= 4 is 0 Å². The predicted octanol–water partition coefficient (Wildman–Crippen LogP) is 2.45. The Kier molecular flexibility index (Phi) is 5.19. The van der Waals surface area contributed by atoms with Crippen LogP contribution in [0.4, 0.5) is 0 Å². The van der Waals surface area contributed by atoms with Crippen molar-refractivity contribution in [1.82, 2.24) is 4.90 Å². The molecule has 1 saturated heterocycles. The maximum atomic E-state index is 6.13. The van der Waals surface area contributed by atoms with Crippen LogP contribution in [0.25, 0.3) is 0 Å². The molecular weight excluding hydrogens is 248 g/mol. The highest BCUT2D eigenvalue weighted by atomic mass is 16.5. The van der Waals surface area contributed by atoms with Gasteiger partial charge in [-0.2, -0.15) is 0 Å². The van der Waals surface area contributed by atoms with E-state index in [0.29, 0.717) is 18.7 Å². The summed E-state index contributed by atoms with van der Waals surface area (Å²) in [4.78, 5) is 2.55. The van der Waals surface area contributed by atoms with Crippen molar-refractivity contribution in [2.75, 3.05) is 19.7 Å². The van der Waals surface area contributed by atoms with Crippen molar-refractivity contribution in [2.45, 2.75) is 51.3 Å². The van der Waals surface area contributed by atoms with Crippen LogP contribution in [0, 0.1) is 0 Å². The molecule has 1 aliphatic rings. The number of aryl methyl sites for hydroxylation is 1. The largest absolute Gasteiger partial charge is 0.376 e. The lowest BCUT2D eigenvalue weighted by Gasteiger charge is -2.48. The van der Waals surface area contributed by atoms with Crippen LogP contribution in [0.2, 0.25) is 0 Å². The van der Waals surface area contributed by atoms with Gasteiger partial charge in [-0.1, -0.05) is 30.3 Å². The zero-order valence-electron chi connectivity index (χ0n) is 13.0. The Morgan fingerprint density at radius 3 is 2.65 bits per heavy atom. The molecular formula is C17H28N2O. The first-order valence-corrected chi connectivity index (χ1v) is 7.67. The van der Waals surface area contributed by atoms with E-state index in [1.54, 1.807) is 0 Å². The molecule has 20 heavy (non-hydrogen) atoms. The molecule has 2 N–H and O–H groups in total. The van der Waals surface area contributed by atoms with Gasteiger partial charge < -0.3 is 10.5 Å². The normalized spacial score (nSPS) is 27.2. The van der Waals surface area contributed by atoms with Gasteiger partial charge in [0.05, 0.1) is 12.7 Å². The first kappa shape index (κ1) is 15.5. The molecule has 3 unspecified atom stereocenters. The van der Waals surface area contributed by atoms with Gasteiger partial charge in [-0.3, -0.25) is 4.90 Å². The van der Waals surface area contributed by atoms with E-state index in [0.717, 1.165) is 26.0 Å². The highest BCUT2D eigenvalue weighted by molar-refractivity contribution is 5.15. The van der Waals surface area contributed by atoms with Crippen LogP contribution < -0.4 is 5.73 Å². The Morgan fingerprint density at radius 2 is 2.00 bits per heavy atom. The second-order valence-electron chi connectivity index (χ2n) is 6.33. The third-order valence-corrected chi connectivity index (χ3v) is 4.54. The van der Waals surface area contributed by atoms with Crippen molar-refractivity contribution in [3.05, 3.63) is 35.9 Å². The van der Waals surface area contributed by atoms with Crippen LogP contribution in [0.1, 0.15) is 32.8 Å². The molecule has 0 saturated carbocycles. The molecule has 112 valence electrons. The summed E-state index contributed by atoms with van der Waals surface area (Å²) in [6.07, 6.45) is 2.46. The summed E-state index contributed by atoms with van der Waals surface area (Å²) in [6.45, 7) is 9.16. The molecule has 0 amide bonds. The van der Waals surface area contributed by atoms with Crippen molar-refractivity contribution in [3.8, 4) is 0 Å². The second-order valence-corrected chi connectivity index (χ2v) is 6.33. The van der Waals surface area contributed by atoms with E-state index < -0.39 is 0 Å². The maximum absolute atomic E-state index is 6.13. The molecule has 1 aromatic carbocycles. The zero-order valence-corrected chi connectivity index (χ0v) is 13.0. The van der Waals surface area contributed by atoms with Gasteiger partial charge in [-0.15, -0.1) is 0 Å². The third kappa shape index (κ3) is 3.60. The van der Waals surface area contributed by atoms with Gasteiger partial charge >= 0.3 is 0 Å². The molecule has 3 atom stereocenters. The summed E-state index contributed by atoms with van der Waals surface area (Å²) in [5.74, 6) is 0. The number of ether oxygens (including phenoxy) is 1. The Morgan fingerprint density at radius 1 is 1.30 bits per heavy atom. The van der Waals surface area contributed by atoms with E-state index in [2.05, 4.69) is 56.0 Å².